The summed E-state index contributed by atoms with van der Waals surface area (Å²) >= 11 is 0. The van der Waals surface area contributed by atoms with Crippen molar-refractivity contribution in [3.05, 3.63) is 59.7 Å². The Morgan fingerprint density at radius 1 is 1.04 bits per heavy atom. The van der Waals surface area contributed by atoms with Gasteiger partial charge in [-0.05, 0) is 48.9 Å². The summed E-state index contributed by atoms with van der Waals surface area (Å²) in [4.78, 5) is 12.3. The summed E-state index contributed by atoms with van der Waals surface area (Å²) in [6.07, 6.45) is 2.67. The van der Waals surface area contributed by atoms with Gasteiger partial charge >= 0.3 is 0 Å². The topological polar surface area (TPSA) is 67.8 Å². The second kappa shape index (κ2) is 9.42. The number of ether oxygens (including phenoxy) is 2. The summed E-state index contributed by atoms with van der Waals surface area (Å²) in [5, 5.41) is 12.6. The first-order valence-electron chi connectivity index (χ1n) is 9.45. The molecule has 0 aromatic heterocycles. The molecule has 1 fully saturated rings. The van der Waals surface area contributed by atoms with E-state index in [4.69, 9.17) is 9.47 Å². The maximum Gasteiger partial charge on any atom is 0.223 e. The first kappa shape index (κ1) is 19.2. The molecule has 0 radical (unpaired) electrons. The van der Waals surface area contributed by atoms with E-state index in [0.29, 0.717) is 37.5 Å². The summed E-state index contributed by atoms with van der Waals surface area (Å²) in [6, 6.07) is 15.7. The number of amides is 1. The fourth-order valence-corrected chi connectivity index (χ4v) is 3.35. The van der Waals surface area contributed by atoms with Crippen LogP contribution >= 0.6 is 0 Å². The Labute approximate surface area is 160 Å². The number of methoxy groups -OCH3 is 1. The minimum absolute atomic E-state index is 0.00349. The van der Waals surface area contributed by atoms with Crippen LogP contribution in [0.5, 0.6) is 11.5 Å². The zero-order valence-electron chi connectivity index (χ0n) is 15.7. The summed E-state index contributed by atoms with van der Waals surface area (Å²) in [5.41, 5.74) is 2.05. The molecule has 1 aliphatic rings. The van der Waals surface area contributed by atoms with Crippen molar-refractivity contribution < 1.29 is 19.4 Å². The molecule has 0 aliphatic heterocycles. The van der Waals surface area contributed by atoms with Crippen LogP contribution in [-0.2, 0) is 17.9 Å². The van der Waals surface area contributed by atoms with E-state index in [-0.39, 0.29) is 17.9 Å². The van der Waals surface area contributed by atoms with Crippen LogP contribution in [0.15, 0.2) is 48.5 Å². The van der Waals surface area contributed by atoms with Crippen molar-refractivity contribution in [2.24, 2.45) is 5.92 Å². The number of aliphatic hydroxyl groups excluding tert-OH is 1. The molecule has 144 valence electrons. The van der Waals surface area contributed by atoms with Crippen LogP contribution in [-0.4, -0.2) is 24.2 Å². The van der Waals surface area contributed by atoms with Gasteiger partial charge in [0.1, 0.15) is 6.61 Å². The van der Waals surface area contributed by atoms with E-state index < -0.39 is 0 Å². The number of hydrogen-bond acceptors (Lipinski definition) is 4. The Balaban J connectivity index is 1.54. The van der Waals surface area contributed by atoms with E-state index in [1.807, 2.05) is 48.5 Å². The number of aliphatic hydroxyl groups is 1. The Morgan fingerprint density at radius 2 is 1.78 bits per heavy atom. The first-order chi connectivity index (χ1) is 13.2. The number of carbonyl (C=O) groups is 1. The van der Waals surface area contributed by atoms with E-state index in [9.17, 15) is 9.90 Å². The van der Waals surface area contributed by atoms with Gasteiger partial charge in [-0.3, -0.25) is 4.79 Å². The minimum atomic E-state index is -0.248. The number of hydrogen-bond donors (Lipinski definition) is 2. The molecule has 2 aromatic rings. The maximum atomic E-state index is 12.3. The number of rotatable bonds is 7. The molecule has 0 spiro atoms. The van der Waals surface area contributed by atoms with Crippen molar-refractivity contribution >= 4 is 5.91 Å². The summed E-state index contributed by atoms with van der Waals surface area (Å²) < 4.78 is 11.3. The van der Waals surface area contributed by atoms with Crippen LogP contribution in [0, 0.1) is 5.92 Å². The van der Waals surface area contributed by atoms with Gasteiger partial charge in [0.2, 0.25) is 5.91 Å². The van der Waals surface area contributed by atoms with Crippen molar-refractivity contribution in [2.75, 3.05) is 7.11 Å². The van der Waals surface area contributed by atoms with Gasteiger partial charge < -0.3 is 19.9 Å². The third-order valence-electron chi connectivity index (χ3n) is 5.00. The molecule has 0 bridgehead atoms. The molecule has 0 saturated heterocycles. The van der Waals surface area contributed by atoms with E-state index in [1.165, 1.54) is 0 Å². The fraction of sp³-hybridized carbons (Fsp3) is 0.409. The normalized spacial score (nSPS) is 19.3. The Morgan fingerprint density at radius 3 is 2.48 bits per heavy atom. The SMILES string of the molecule is COc1cc(CNC(=O)C2CCC(O)CC2)ccc1OCc1ccccc1. The second-order valence-electron chi connectivity index (χ2n) is 6.98. The Kier molecular flexibility index (Phi) is 6.71. The predicted molar refractivity (Wildman–Crippen MR) is 104 cm³/mol. The summed E-state index contributed by atoms with van der Waals surface area (Å²) in [5.74, 6) is 1.39. The Hall–Kier alpha value is -2.53. The van der Waals surface area contributed by atoms with Gasteiger partial charge in [0.25, 0.3) is 0 Å². The Bertz CT molecular complexity index is 739. The van der Waals surface area contributed by atoms with Gasteiger partial charge in [-0.1, -0.05) is 36.4 Å². The molecule has 2 aromatic carbocycles. The fourth-order valence-electron chi connectivity index (χ4n) is 3.35. The molecule has 0 atom stereocenters. The van der Waals surface area contributed by atoms with E-state index in [0.717, 1.165) is 24.0 Å². The lowest BCUT2D eigenvalue weighted by atomic mass is 9.87. The van der Waals surface area contributed by atoms with Crippen molar-refractivity contribution in [1.82, 2.24) is 5.32 Å². The third-order valence-corrected chi connectivity index (χ3v) is 5.00. The molecular weight excluding hydrogens is 342 g/mol. The van der Waals surface area contributed by atoms with Crippen molar-refractivity contribution in [2.45, 2.75) is 44.9 Å². The summed E-state index contributed by atoms with van der Waals surface area (Å²) in [6.45, 7) is 0.925. The van der Waals surface area contributed by atoms with Crippen LogP contribution in [0.3, 0.4) is 0 Å². The zero-order valence-corrected chi connectivity index (χ0v) is 15.7. The van der Waals surface area contributed by atoms with Crippen LogP contribution in [0.1, 0.15) is 36.8 Å². The smallest absolute Gasteiger partial charge is 0.223 e. The van der Waals surface area contributed by atoms with Crippen LogP contribution in [0.4, 0.5) is 0 Å². The van der Waals surface area contributed by atoms with Gasteiger partial charge in [-0.2, -0.15) is 0 Å². The number of nitrogens with one attached hydrogen (secondary N) is 1. The van der Waals surface area contributed by atoms with Gasteiger partial charge in [0, 0.05) is 12.5 Å². The minimum Gasteiger partial charge on any atom is -0.493 e. The van der Waals surface area contributed by atoms with E-state index >= 15 is 0 Å². The molecule has 1 saturated carbocycles. The molecular formula is C22H27NO4. The highest BCUT2D eigenvalue weighted by atomic mass is 16.5. The third kappa shape index (κ3) is 5.47. The zero-order chi connectivity index (χ0) is 19.1. The quantitative estimate of drug-likeness (QED) is 0.784. The monoisotopic (exact) mass is 369 g/mol. The standard InChI is InChI=1S/C22H27NO4/c1-26-21-13-17(14-23-22(25)18-8-10-19(24)11-9-18)7-12-20(21)27-15-16-5-3-2-4-6-16/h2-7,12-13,18-19,24H,8-11,14-15H2,1H3,(H,23,25). The lowest BCUT2D eigenvalue weighted by molar-refractivity contribution is -0.126. The van der Waals surface area contributed by atoms with E-state index in [2.05, 4.69) is 5.32 Å². The molecule has 1 aliphatic carbocycles. The van der Waals surface area contributed by atoms with Crippen LogP contribution in [0.25, 0.3) is 0 Å². The number of carbonyl (C=O) groups excluding carboxylic acids is 1. The molecule has 5 nitrogen and oxygen atoms in total. The van der Waals surface area contributed by atoms with Gasteiger partial charge in [0.15, 0.2) is 11.5 Å². The first-order valence-corrected chi connectivity index (χ1v) is 9.45. The molecule has 27 heavy (non-hydrogen) atoms. The van der Waals surface area contributed by atoms with Crippen molar-refractivity contribution in [3.63, 3.8) is 0 Å². The summed E-state index contributed by atoms with van der Waals surface area (Å²) in [7, 11) is 1.61. The predicted octanol–water partition coefficient (Wildman–Crippen LogP) is 3.44. The molecule has 5 heteroatoms. The largest absolute Gasteiger partial charge is 0.493 e. The highest BCUT2D eigenvalue weighted by molar-refractivity contribution is 5.78. The molecule has 2 N–H and O–H groups in total. The second-order valence-corrected chi connectivity index (χ2v) is 6.98. The lowest BCUT2D eigenvalue weighted by Crippen LogP contribution is -2.33. The molecule has 0 unspecified atom stereocenters. The van der Waals surface area contributed by atoms with E-state index in [1.54, 1.807) is 7.11 Å². The highest BCUT2D eigenvalue weighted by Crippen LogP contribution is 2.29. The average Bonchev–Trinajstić information content (AvgIpc) is 2.72. The average molecular weight is 369 g/mol. The van der Waals surface area contributed by atoms with Gasteiger partial charge in [-0.25, -0.2) is 0 Å². The van der Waals surface area contributed by atoms with Crippen molar-refractivity contribution in [1.29, 1.82) is 0 Å². The van der Waals surface area contributed by atoms with Crippen LogP contribution in [0.2, 0.25) is 0 Å². The molecule has 3 rings (SSSR count). The maximum absolute atomic E-state index is 12.3. The van der Waals surface area contributed by atoms with Gasteiger partial charge in [-0.15, -0.1) is 0 Å². The lowest BCUT2D eigenvalue weighted by Gasteiger charge is -2.24. The van der Waals surface area contributed by atoms with Crippen molar-refractivity contribution in [3.8, 4) is 11.5 Å². The highest BCUT2D eigenvalue weighted by Gasteiger charge is 2.24. The molecule has 0 heterocycles. The molecule has 1 amide bonds. The van der Waals surface area contributed by atoms with Gasteiger partial charge in [0.05, 0.1) is 13.2 Å². The number of benzene rings is 2. The van der Waals surface area contributed by atoms with Crippen LogP contribution < -0.4 is 14.8 Å².